The van der Waals surface area contributed by atoms with E-state index in [1.54, 1.807) is 7.05 Å². The predicted octanol–water partition coefficient (Wildman–Crippen LogP) is 4.66. The van der Waals surface area contributed by atoms with E-state index >= 15 is 0 Å². The van der Waals surface area contributed by atoms with Gasteiger partial charge in [0.05, 0.1) is 12.9 Å². The van der Waals surface area contributed by atoms with E-state index < -0.39 is 0 Å². The van der Waals surface area contributed by atoms with Crippen molar-refractivity contribution in [2.75, 3.05) is 25.2 Å². The molecular weight excluding hydrogens is 372 g/mol. The molecule has 2 aromatic carbocycles. The lowest BCUT2D eigenvalue weighted by Gasteiger charge is -2.22. The number of amides is 2. The zero-order chi connectivity index (χ0) is 20.9. The highest BCUT2D eigenvalue weighted by atomic mass is 32.2. The van der Waals surface area contributed by atoms with Gasteiger partial charge in [0.25, 0.3) is 11.8 Å². The molecule has 0 fully saturated rings. The smallest absolute Gasteiger partial charge is 0.256 e. The molecule has 0 aliphatic carbocycles. The standard InChI is InChI=1S/C22H28N2O3S/c1-15-10-11-16(12-19(15)22(2,3)4)21(26)23-17-8-7-9-18(13-17)28-14-20(25)24(5)27-6/h7-13H,14H2,1-6H3,(H,23,26). The number of rotatable bonds is 6. The van der Waals surface area contributed by atoms with Gasteiger partial charge >= 0.3 is 0 Å². The van der Waals surface area contributed by atoms with Crippen molar-refractivity contribution in [1.82, 2.24) is 5.06 Å². The topological polar surface area (TPSA) is 58.6 Å². The average Bonchev–Trinajstić information content (AvgIpc) is 2.65. The van der Waals surface area contributed by atoms with E-state index in [1.807, 2.05) is 42.5 Å². The second-order valence-corrected chi connectivity index (χ2v) is 8.67. The minimum atomic E-state index is -0.150. The summed E-state index contributed by atoms with van der Waals surface area (Å²) in [6, 6.07) is 13.3. The molecule has 0 aliphatic rings. The molecular formula is C22H28N2O3S. The van der Waals surface area contributed by atoms with E-state index in [2.05, 4.69) is 33.0 Å². The molecule has 0 aliphatic heterocycles. The van der Waals surface area contributed by atoms with Crippen LogP contribution in [0.15, 0.2) is 47.4 Å². The minimum Gasteiger partial charge on any atom is -0.322 e. The minimum absolute atomic E-state index is 0.0289. The summed E-state index contributed by atoms with van der Waals surface area (Å²) >= 11 is 1.39. The number of anilines is 1. The van der Waals surface area contributed by atoms with Crippen LogP contribution in [0.4, 0.5) is 5.69 Å². The number of aryl methyl sites for hydroxylation is 1. The SMILES string of the molecule is CON(C)C(=O)CSc1cccc(NC(=O)c2ccc(C)c(C(C)(C)C)c2)c1. The first-order chi connectivity index (χ1) is 13.1. The van der Waals surface area contributed by atoms with Crippen LogP contribution < -0.4 is 5.32 Å². The number of carbonyl (C=O) groups is 2. The summed E-state index contributed by atoms with van der Waals surface area (Å²) in [6.45, 7) is 8.48. The second-order valence-electron chi connectivity index (χ2n) is 7.62. The van der Waals surface area contributed by atoms with Crippen LogP contribution in [0, 0.1) is 6.92 Å². The number of nitrogens with zero attached hydrogens (tertiary/aromatic N) is 1. The molecule has 0 spiro atoms. The van der Waals surface area contributed by atoms with Crippen LogP contribution >= 0.6 is 11.8 Å². The van der Waals surface area contributed by atoms with Crippen LogP contribution in [0.25, 0.3) is 0 Å². The number of carbonyl (C=O) groups excluding carboxylic acids is 2. The lowest BCUT2D eigenvalue weighted by Crippen LogP contribution is -2.26. The summed E-state index contributed by atoms with van der Waals surface area (Å²) < 4.78 is 0. The Morgan fingerprint density at radius 1 is 1.14 bits per heavy atom. The van der Waals surface area contributed by atoms with Gasteiger partial charge in [-0.2, -0.15) is 0 Å². The quantitative estimate of drug-likeness (QED) is 0.566. The Morgan fingerprint density at radius 3 is 2.50 bits per heavy atom. The number of hydrogen-bond donors (Lipinski definition) is 1. The van der Waals surface area contributed by atoms with Crippen LogP contribution in [-0.2, 0) is 15.0 Å². The maximum atomic E-state index is 12.7. The lowest BCUT2D eigenvalue weighted by molar-refractivity contribution is -0.165. The zero-order valence-corrected chi connectivity index (χ0v) is 18.1. The average molecular weight is 401 g/mol. The number of benzene rings is 2. The van der Waals surface area contributed by atoms with Gasteiger partial charge in [-0.25, -0.2) is 5.06 Å². The van der Waals surface area contributed by atoms with Crippen molar-refractivity contribution in [2.24, 2.45) is 0 Å². The van der Waals surface area contributed by atoms with Gasteiger partial charge in [0, 0.05) is 23.2 Å². The van der Waals surface area contributed by atoms with Crippen LogP contribution in [-0.4, -0.2) is 36.8 Å². The summed E-state index contributed by atoms with van der Waals surface area (Å²) in [5.74, 6) is -0.0200. The molecule has 0 radical (unpaired) electrons. The highest BCUT2D eigenvalue weighted by Gasteiger charge is 2.18. The lowest BCUT2D eigenvalue weighted by atomic mass is 9.83. The third-order valence-corrected chi connectivity index (χ3v) is 5.37. The van der Waals surface area contributed by atoms with Gasteiger partial charge < -0.3 is 5.32 Å². The second kappa shape index (κ2) is 9.26. The van der Waals surface area contributed by atoms with Crippen molar-refractivity contribution in [3.8, 4) is 0 Å². The monoisotopic (exact) mass is 400 g/mol. The van der Waals surface area contributed by atoms with Crippen molar-refractivity contribution in [3.63, 3.8) is 0 Å². The molecule has 0 heterocycles. The molecule has 1 N–H and O–H groups in total. The molecule has 150 valence electrons. The number of nitrogens with one attached hydrogen (secondary N) is 1. The zero-order valence-electron chi connectivity index (χ0n) is 17.3. The van der Waals surface area contributed by atoms with Crippen molar-refractivity contribution >= 4 is 29.3 Å². The van der Waals surface area contributed by atoms with Crippen LogP contribution in [0.1, 0.15) is 42.3 Å². The van der Waals surface area contributed by atoms with Gasteiger partial charge in [0.15, 0.2) is 0 Å². The molecule has 2 amide bonds. The van der Waals surface area contributed by atoms with E-state index in [1.165, 1.54) is 29.5 Å². The van der Waals surface area contributed by atoms with E-state index in [4.69, 9.17) is 4.84 Å². The highest BCUT2D eigenvalue weighted by molar-refractivity contribution is 8.00. The first-order valence-electron chi connectivity index (χ1n) is 9.08. The predicted molar refractivity (Wildman–Crippen MR) is 115 cm³/mol. The molecule has 0 saturated heterocycles. The van der Waals surface area contributed by atoms with Gasteiger partial charge in [-0.3, -0.25) is 14.4 Å². The van der Waals surface area contributed by atoms with Crippen LogP contribution in [0.3, 0.4) is 0 Å². The van der Waals surface area contributed by atoms with Gasteiger partial charge in [-0.05, 0) is 53.8 Å². The van der Waals surface area contributed by atoms with Crippen molar-refractivity contribution in [1.29, 1.82) is 0 Å². The molecule has 28 heavy (non-hydrogen) atoms. The van der Waals surface area contributed by atoms with Gasteiger partial charge in [-0.1, -0.05) is 32.9 Å². The number of hydrogen-bond acceptors (Lipinski definition) is 4. The van der Waals surface area contributed by atoms with Crippen molar-refractivity contribution in [2.45, 2.75) is 38.0 Å². The van der Waals surface area contributed by atoms with Crippen molar-refractivity contribution in [3.05, 3.63) is 59.2 Å². The van der Waals surface area contributed by atoms with Gasteiger partial charge in [0.2, 0.25) is 0 Å². The Kier molecular flexibility index (Phi) is 7.27. The molecule has 2 aromatic rings. The summed E-state index contributed by atoms with van der Waals surface area (Å²) in [7, 11) is 3.03. The number of hydroxylamine groups is 2. The summed E-state index contributed by atoms with van der Waals surface area (Å²) in [4.78, 5) is 30.3. The Bertz CT molecular complexity index is 859. The van der Waals surface area contributed by atoms with Crippen LogP contribution in [0.5, 0.6) is 0 Å². The molecule has 6 heteroatoms. The van der Waals surface area contributed by atoms with E-state index in [0.717, 1.165) is 10.5 Å². The molecule has 0 aromatic heterocycles. The maximum absolute atomic E-state index is 12.7. The first-order valence-corrected chi connectivity index (χ1v) is 10.1. The highest BCUT2D eigenvalue weighted by Crippen LogP contribution is 2.27. The Labute approximate surface area is 171 Å². The largest absolute Gasteiger partial charge is 0.322 e. The molecule has 0 atom stereocenters. The van der Waals surface area contributed by atoms with E-state index in [0.29, 0.717) is 11.3 Å². The Balaban J connectivity index is 2.10. The maximum Gasteiger partial charge on any atom is 0.256 e. The van der Waals surface area contributed by atoms with E-state index in [-0.39, 0.29) is 23.0 Å². The fraction of sp³-hybridized carbons (Fsp3) is 0.364. The summed E-state index contributed by atoms with van der Waals surface area (Å²) in [5, 5.41) is 4.14. The molecule has 0 bridgehead atoms. The van der Waals surface area contributed by atoms with Gasteiger partial charge in [-0.15, -0.1) is 11.8 Å². The number of thioether (sulfide) groups is 1. The molecule has 2 rings (SSSR count). The third kappa shape index (κ3) is 5.84. The first kappa shape index (κ1) is 22.0. The van der Waals surface area contributed by atoms with Crippen LogP contribution in [0.2, 0.25) is 0 Å². The van der Waals surface area contributed by atoms with Crippen molar-refractivity contribution < 1.29 is 14.4 Å². The van der Waals surface area contributed by atoms with E-state index in [9.17, 15) is 9.59 Å². The fourth-order valence-electron chi connectivity index (χ4n) is 2.78. The Morgan fingerprint density at radius 2 is 1.86 bits per heavy atom. The third-order valence-electron chi connectivity index (χ3n) is 4.39. The summed E-state index contributed by atoms with van der Waals surface area (Å²) in [6.07, 6.45) is 0. The Hall–Kier alpha value is -2.31. The molecule has 0 saturated carbocycles. The van der Waals surface area contributed by atoms with Gasteiger partial charge in [0.1, 0.15) is 0 Å². The summed E-state index contributed by atoms with van der Waals surface area (Å²) in [5.41, 5.74) is 3.63. The molecule has 5 nitrogen and oxygen atoms in total. The fourth-order valence-corrected chi connectivity index (χ4v) is 3.63. The normalized spacial score (nSPS) is 11.2. The molecule has 0 unspecified atom stereocenters.